The van der Waals surface area contributed by atoms with Crippen molar-refractivity contribution in [3.63, 3.8) is 0 Å². The lowest BCUT2D eigenvalue weighted by molar-refractivity contribution is 0.102. The predicted octanol–water partition coefficient (Wildman–Crippen LogP) is 3.20. The lowest BCUT2D eigenvalue weighted by Gasteiger charge is -2.33. The highest BCUT2D eigenvalue weighted by Gasteiger charge is 2.24. The molecule has 1 atom stereocenters. The molecular weight excluding hydrogens is 340 g/mol. The van der Waals surface area contributed by atoms with Crippen molar-refractivity contribution in [2.24, 2.45) is 5.92 Å². The molecule has 3 heterocycles. The maximum atomic E-state index is 12.4. The van der Waals surface area contributed by atoms with Crippen LogP contribution in [0.25, 0.3) is 0 Å². The Balaban J connectivity index is 1.30. The first-order chi connectivity index (χ1) is 13.3. The third-order valence-corrected chi connectivity index (χ3v) is 5.73. The van der Waals surface area contributed by atoms with Crippen molar-refractivity contribution < 1.29 is 9.53 Å². The minimum absolute atomic E-state index is 0.0893. The van der Waals surface area contributed by atoms with Crippen molar-refractivity contribution in [1.82, 2.24) is 14.7 Å². The van der Waals surface area contributed by atoms with E-state index in [2.05, 4.69) is 15.3 Å². The van der Waals surface area contributed by atoms with E-state index in [9.17, 15) is 4.79 Å². The van der Waals surface area contributed by atoms with Gasteiger partial charge in [0.25, 0.3) is 5.91 Å². The van der Waals surface area contributed by atoms with Gasteiger partial charge >= 0.3 is 0 Å². The first-order valence-corrected chi connectivity index (χ1v) is 9.99. The molecule has 1 amide bonds. The Kier molecular flexibility index (Phi) is 5.84. The van der Waals surface area contributed by atoms with Gasteiger partial charge in [-0.3, -0.25) is 4.79 Å². The van der Waals surface area contributed by atoms with Crippen LogP contribution in [0.15, 0.2) is 42.6 Å². The first kappa shape index (κ1) is 18.2. The predicted molar refractivity (Wildman–Crippen MR) is 105 cm³/mol. The van der Waals surface area contributed by atoms with Crippen molar-refractivity contribution in [3.05, 3.63) is 48.2 Å². The zero-order valence-corrected chi connectivity index (χ0v) is 15.7. The van der Waals surface area contributed by atoms with Crippen molar-refractivity contribution in [1.29, 1.82) is 0 Å². The molecule has 2 fully saturated rings. The Labute approximate surface area is 160 Å². The van der Waals surface area contributed by atoms with E-state index < -0.39 is 0 Å². The monoisotopic (exact) mass is 368 g/mol. The second kappa shape index (κ2) is 8.67. The van der Waals surface area contributed by atoms with Gasteiger partial charge in [-0.2, -0.15) is 5.10 Å². The fraction of sp³-hybridized carbons (Fsp3) is 0.524. The highest BCUT2D eigenvalue weighted by molar-refractivity contribution is 6.03. The Morgan fingerprint density at radius 2 is 1.96 bits per heavy atom. The molecule has 2 saturated heterocycles. The fourth-order valence-electron chi connectivity index (χ4n) is 4.05. The Hall–Kier alpha value is -2.18. The summed E-state index contributed by atoms with van der Waals surface area (Å²) in [7, 11) is 0. The summed E-state index contributed by atoms with van der Waals surface area (Å²) < 4.78 is 7.46. The average Bonchev–Trinajstić information content (AvgIpc) is 3.39. The fourth-order valence-corrected chi connectivity index (χ4v) is 4.05. The molecule has 2 aliphatic rings. The zero-order valence-electron chi connectivity index (χ0n) is 15.7. The molecule has 0 radical (unpaired) electrons. The van der Waals surface area contributed by atoms with E-state index in [4.69, 9.17) is 4.74 Å². The van der Waals surface area contributed by atoms with Crippen molar-refractivity contribution in [3.8, 4) is 0 Å². The summed E-state index contributed by atoms with van der Waals surface area (Å²) >= 11 is 0. The summed E-state index contributed by atoms with van der Waals surface area (Å²) in [5.41, 5.74) is 0.663. The summed E-state index contributed by atoms with van der Waals surface area (Å²) in [5.74, 6) is 1.44. The number of carbonyl (C=O) groups excluding carboxylic acids is 1. The Morgan fingerprint density at radius 3 is 2.70 bits per heavy atom. The summed E-state index contributed by atoms with van der Waals surface area (Å²) in [4.78, 5) is 15.0. The van der Waals surface area contributed by atoms with Crippen LogP contribution in [-0.4, -0.2) is 53.4 Å². The number of carbonyl (C=O) groups is 1. The summed E-state index contributed by atoms with van der Waals surface area (Å²) in [6, 6.07) is 11.5. The van der Waals surface area contributed by atoms with Crippen LogP contribution >= 0.6 is 0 Å². The highest BCUT2D eigenvalue weighted by Crippen LogP contribution is 2.26. The molecular formula is C21H28N4O2. The molecule has 1 unspecified atom stereocenters. The molecule has 27 heavy (non-hydrogen) atoms. The van der Waals surface area contributed by atoms with Gasteiger partial charge in [-0.25, -0.2) is 4.68 Å². The average molecular weight is 368 g/mol. The minimum Gasteiger partial charge on any atom is -0.381 e. The number of ether oxygens (including phenoxy) is 1. The van der Waals surface area contributed by atoms with Gasteiger partial charge in [0.05, 0.1) is 12.2 Å². The van der Waals surface area contributed by atoms with Crippen LogP contribution in [0.1, 0.15) is 42.1 Å². The molecule has 6 nitrogen and oxygen atoms in total. The third kappa shape index (κ3) is 4.57. The van der Waals surface area contributed by atoms with Crippen LogP contribution in [0, 0.1) is 5.92 Å². The lowest BCUT2D eigenvalue weighted by Crippen LogP contribution is -2.36. The van der Waals surface area contributed by atoms with Crippen LogP contribution in [-0.2, 0) is 4.74 Å². The van der Waals surface area contributed by atoms with Gasteiger partial charge in [-0.05, 0) is 50.3 Å². The van der Waals surface area contributed by atoms with Gasteiger partial charge in [0, 0.05) is 37.9 Å². The maximum Gasteiger partial charge on any atom is 0.256 e. The number of benzene rings is 1. The molecule has 2 aromatic rings. The molecule has 6 heteroatoms. The Bertz CT molecular complexity index is 732. The second-order valence-corrected chi connectivity index (χ2v) is 7.57. The molecule has 0 aliphatic carbocycles. The number of nitrogens with zero attached hydrogens (tertiary/aromatic N) is 3. The molecule has 2 aliphatic heterocycles. The number of nitrogens with one attached hydrogen (secondary N) is 1. The quantitative estimate of drug-likeness (QED) is 0.851. The number of hydrogen-bond acceptors (Lipinski definition) is 4. The first-order valence-electron chi connectivity index (χ1n) is 9.99. The number of rotatable bonds is 6. The van der Waals surface area contributed by atoms with Gasteiger partial charge < -0.3 is 15.0 Å². The highest BCUT2D eigenvalue weighted by atomic mass is 16.5. The van der Waals surface area contributed by atoms with Crippen molar-refractivity contribution >= 4 is 11.7 Å². The van der Waals surface area contributed by atoms with E-state index in [1.54, 1.807) is 6.20 Å². The molecule has 144 valence electrons. The van der Waals surface area contributed by atoms with Crippen molar-refractivity contribution in [2.75, 3.05) is 38.2 Å². The second-order valence-electron chi connectivity index (χ2n) is 7.57. The SMILES string of the molecule is O=C(Nc1ccnn1C1CCN(CCC2CCOC2)CC1)c1ccccc1. The van der Waals surface area contributed by atoms with E-state index in [0.29, 0.717) is 11.6 Å². The number of amides is 1. The van der Waals surface area contributed by atoms with Crippen LogP contribution in [0.4, 0.5) is 5.82 Å². The van der Waals surface area contributed by atoms with Crippen LogP contribution < -0.4 is 5.32 Å². The number of hydrogen-bond donors (Lipinski definition) is 1. The summed E-state index contributed by atoms with van der Waals surface area (Å²) in [6.45, 7) is 5.21. The normalized spacial score (nSPS) is 21.4. The van der Waals surface area contributed by atoms with Crippen molar-refractivity contribution in [2.45, 2.75) is 31.7 Å². The molecule has 1 N–H and O–H groups in total. The number of anilines is 1. The minimum atomic E-state index is -0.0893. The van der Waals surface area contributed by atoms with E-state index in [0.717, 1.165) is 57.4 Å². The van der Waals surface area contributed by atoms with Gasteiger partial charge in [0.15, 0.2) is 0 Å². The largest absolute Gasteiger partial charge is 0.381 e. The molecule has 0 spiro atoms. The number of piperidine rings is 1. The molecule has 1 aromatic carbocycles. The van der Waals surface area contributed by atoms with Gasteiger partial charge in [0.1, 0.15) is 5.82 Å². The smallest absolute Gasteiger partial charge is 0.256 e. The number of likely N-dealkylation sites (tertiary alicyclic amines) is 1. The Morgan fingerprint density at radius 1 is 1.15 bits per heavy atom. The third-order valence-electron chi connectivity index (χ3n) is 5.73. The van der Waals surface area contributed by atoms with Gasteiger partial charge in [-0.1, -0.05) is 18.2 Å². The molecule has 0 saturated carbocycles. The zero-order chi connectivity index (χ0) is 18.5. The lowest BCUT2D eigenvalue weighted by atomic mass is 10.0. The standard InChI is InChI=1S/C21H28N4O2/c26-21(18-4-2-1-3-5-18)23-20-6-11-22-25(20)19-8-13-24(14-9-19)12-7-17-10-15-27-16-17/h1-6,11,17,19H,7-10,12-16H2,(H,23,26). The van der Waals surface area contributed by atoms with Crippen LogP contribution in [0.3, 0.4) is 0 Å². The summed E-state index contributed by atoms with van der Waals surface area (Å²) in [6.07, 6.45) is 6.36. The number of aromatic nitrogens is 2. The topological polar surface area (TPSA) is 59.4 Å². The van der Waals surface area contributed by atoms with Crippen LogP contribution in [0.2, 0.25) is 0 Å². The van der Waals surface area contributed by atoms with E-state index in [1.807, 2.05) is 41.1 Å². The molecule has 0 bridgehead atoms. The van der Waals surface area contributed by atoms with Gasteiger partial charge in [0.2, 0.25) is 0 Å². The van der Waals surface area contributed by atoms with E-state index >= 15 is 0 Å². The van der Waals surface area contributed by atoms with Gasteiger partial charge in [-0.15, -0.1) is 0 Å². The van der Waals surface area contributed by atoms with Crippen LogP contribution in [0.5, 0.6) is 0 Å². The summed E-state index contributed by atoms with van der Waals surface area (Å²) in [5, 5.41) is 7.50. The van der Waals surface area contributed by atoms with E-state index in [-0.39, 0.29) is 5.91 Å². The maximum absolute atomic E-state index is 12.4. The molecule has 1 aromatic heterocycles. The van der Waals surface area contributed by atoms with E-state index in [1.165, 1.54) is 12.8 Å². The molecule has 4 rings (SSSR count).